The van der Waals surface area contributed by atoms with Crippen molar-refractivity contribution in [2.45, 2.75) is 13.8 Å². The molecule has 0 N–H and O–H groups in total. The van der Waals surface area contributed by atoms with Crippen LogP contribution in [0.25, 0.3) is 10.9 Å². The van der Waals surface area contributed by atoms with Crippen LogP contribution in [0.2, 0.25) is 0 Å². The molecule has 0 atom stereocenters. The summed E-state index contributed by atoms with van der Waals surface area (Å²) in [5.74, 6) is -0.567. The van der Waals surface area contributed by atoms with E-state index in [1.807, 2.05) is 38.1 Å². The molecule has 0 unspecified atom stereocenters. The maximum atomic E-state index is 12.7. The number of benzene rings is 2. The Morgan fingerprint density at radius 2 is 1.38 bits per heavy atom. The van der Waals surface area contributed by atoms with E-state index in [4.69, 9.17) is 0 Å². The lowest BCUT2D eigenvalue weighted by Gasteiger charge is -2.20. The maximum Gasteiger partial charge on any atom is 0.266 e. The average Bonchev–Trinajstić information content (AvgIpc) is 2.81. The van der Waals surface area contributed by atoms with Crippen molar-refractivity contribution in [2.24, 2.45) is 0 Å². The summed E-state index contributed by atoms with van der Waals surface area (Å²) in [5, 5.41) is 0.949. The van der Waals surface area contributed by atoms with E-state index in [9.17, 15) is 9.59 Å². The van der Waals surface area contributed by atoms with Crippen molar-refractivity contribution < 1.29 is 9.59 Å². The number of hydrogen-bond acceptors (Lipinski definition) is 3. The van der Waals surface area contributed by atoms with Gasteiger partial charge in [-0.05, 0) is 37.6 Å². The summed E-state index contributed by atoms with van der Waals surface area (Å²) in [6, 6.07) is 14.7. The molecule has 5 heteroatoms. The van der Waals surface area contributed by atoms with Gasteiger partial charge in [-0.15, -0.1) is 12.4 Å². The molecule has 3 aromatic rings. The van der Waals surface area contributed by atoms with Crippen molar-refractivity contribution in [3.63, 3.8) is 0 Å². The van der Waals surface area contributed by atoms with Crippen LogP contribution in [0.15, 0.2) is 48.5 Å². The molecule has 0 spiro atoms. The lowest BCUT2D eigenvalue weighted by molar-refractivity contribution is 0.0925. The molecule has 0 radical (unpaired) electrons. The van der Waals surface area contributed by atoms with Gasteiger partial charge in [-0.1, -0.05) is 30.3 Å². The molecule has 0 fully saturated rings. The second kappa shape index (κ2) is 5.73. The number of nitrogens with zero attached hydrogens (tertiary/aromatic N) is 2. The lowest BCUT2D eigenvalue weighted by Crippen LogP contribution is -2.31. The van der Waals surface area contributed by atoms with Crippen LogP contribution in [-0.4, -0.2) is 16.8 Å². The van der Waals surface area contributed by atoms with E-state index in [0.717, 1.165) is 16.5 Å². The fourth-order valence-electron chi connectivity index (χ4n) is 3.24. The molecule has 0 saturated carbocycles. The quantitative estimate of drug-likeness (QED) is 0.628. The fraction of sp³-hybridized carbons (Fsp3) is 0.105. The molecule has 4 rings (SSSR count). The number of hydrogen-bond donors (Lipinski definition) is 0. The van der Waals surface area contributed by atoms with Crippen LogP contribution in [0.4, 0.5) is 5.69 Å². The highest BCUT2D eigenvalue weighted by molar-refractivity contribution is 6.35. The molecule has 0 bridgehead atoms. The van der Waals surface area contributed by atoms with Gasteiger partial charge in [0.1, 0.15) is 0 Å². The molecule has 24 heavy (non-hydrogen) atoms. The molecule has 2 amide bonds. The van der Waals surface area contributed by atoms with Gasteiger partial charge in [0.25, 0.3) is 11.8 Å². The van der Waals surface area contributed by atoms with Crippen molar-refractivity contribution in [1.29, 1.82) is 0 Å². The SMILES string of the molecule is Cc1nc2ccccc2c(C)c1N1C(=O)c2ccccc2C1=O.Cl. The van der Waals surface area contributed by atoms with Gasteiger partial charge in [0.05, 0.1) is 28.0 Å². The smallest absolute Gasteiger partial charge is 0.266 e. The molecule has 0 saturated heterocycles. The van der Waals surface area contributed by atoms with Gasteiger partial charge < -0.3 is 0 Å². The van der Waals surface area contributed by atoms with E-state index in [1.165, 1.54) is 4.90 Å². The molecular formula is C19H15ClN2O2. The van der Waals surface area contributed by atoms with Crippen LogP contribution in [0, 0.1) is 13.8 Å². The number of aryl methyl sites for hydroxylation is 2. The second-order valence-corrected chi connectivity index (χ2v) is 5.68. The number of amides is 2. The summed E-state index contributed by atoms with van der Waals surface area (Å²) in [6.45, 7) is 3.76. The van der Waals surface area contributed by atoms with Crippen molar-refractivity contribution in [1.82, 2.24) is 4.98 Å². The number of rotatable bonds is 1. The lowest BCUT2D eigenvalue weighted by atomic mass is 10.1. The minimum Gasteiger partial charge on any atom is -0.268 e. The van der Waals surface area contributed by atoms with E-state index in [2.05, 4.69) is 4.98 Å². The molecule has 4 nitrogen and oxygen atoms in total. The monoisotopic (exact) mass is 338 g/mol. The summed E-state index contributed by atoms with van der Waals surface area (Å²) < 4.78 is 0. The van der Waals surface area contributed by atoms with E-state index in [0.29, 0.717) is 22.5 Å². The Labute approximate surface area is 145 Å². The zero-order valence-electron chi connectivity index (χ0n) is 13.2. The van der Waals surface area contributed by atoms with Crippen LogP contribution in [0.5, 0.6) is 0 Å². The Hall–Kier alpha value is -2.72. The first-order chi connectivity index (χ1) is 11.1. The number of halogens is 1. The summed E-state index contributed by atoms with van der Waals surface area (Å²) in [6.07, 6.45) is 0. The number of pyridine rings is 1. The van der Waals surface area contributed by atoms with Gasteiger partial charge in [-0.3, -0.25) is 14.6 Å². The standard InChI is InChI=1S/C19H14N2O2.ClH/c1-11-13-7-5-6-10-16(13)20-12(2)17(11)21-18(22)14-8-3-4-9-15(14)19(21)23;/h3-10H,1-2H3;1H. The van der Waals surface area contributed by atoms with Gasteiger partial charge in [-0.25, -0.2) is 4.90 Å². The summed E-state index contributed by atoms with van der Waals surface area (Å²) in [5.41, 5.74) is 3.92. The maximum absolute atomic E-state index is 12.7. The van der Waals surface area contributed by atoms with Crippen molar-refractivity contribution >= 4 is 40.8 Å². The number of carbonyl (C=O) groups excluding carboxylic acids is 2. The zero-order chi connectivity index (χ0) is 16.1. The first kappa shape index (κ1) is 16.1. The third kappa shape index (κ3) is 2.11. The fourth-order valence-corrected chi connectivity index (χ4v) is 3.24. The summed E-state index contributed by atoms with van der Waals surface area (Å²) in [7, 11) is 0. The minimum absolute atomic E-state index is 0. The van der Waals surface area contributed by atoms with E-state index < -0.39 is 0 Å². The highest BCUT2D eigenvalue weighted by atomic mass is 35.5. The van der Waals surface area contributed by atoms with Gasteiger partial charge in [-0.2, -0.15) is 0 Å². The number of anilines is 1. The minimum atomic E-state index is -0.283. The number of imide groups is 1. The topological polar surface area (TPSA) is 50.3 Å². The molecular weight excluding hydrogens is 324 g/mol. The van der Waals surface area contributed by atoms with E-state index in [1.54, 1.807) is 24.3 Å². The normalized spacial score (nSPS) is 13.2. The van der Waals surface area contributed by atoms with Crippen molar-refractivity contribution in [3.05, 3.63) is 70.9 Å². The van der Waals surface area contributed by atoms with Crippen molar-refractivity contribution in [2.75, 3.05) is 4.90 Å². The van der Waals surface area contributed by atoms with Gasteiger partial charge in [0.2, 0.25) is 0 Å². The molecule has 1 aliphatic rings. The number of aromatic nitrogens is 1. The highest BCUT2D eigenvalue weighted by Gasteiger charge is 2.38. The van der Waals surface area contributed by atoms with Crippen LogP contribution in [0.1, 0.15) is 32.0 Å². The Bertz CT molecular complexity index is 963. The molecule has 1 aliphatic heterocycles. The Morgan fingerprint density at radius 3 is 2.00 bits per heavy atom. The van der Waals surface area contributed by atoms with Crippen LogP contribution >= 0.6 is 12.4 Å². The van der Waals surface area contributed by atoms with Crippen LogP contribution in [0.3, 0.4) is 0 Å². The Balaban J connectivity index is 0.00000169. The predicted octanol–water partition coefficient (Wildman–Crippen LogP) is 4.07. The van der Waals surface area contributed by atoms with Gasteiger partial charge >= 0.3 is 0 Å². The second-order valence-electron chi connectivity index (χ2n) is 5.68. The summed E-state index contributed by atoms with van der Waals surface area (Å²) >= 11 is 0. The Morgan fingerprint density at radius 1 is 0.833 bits per heavy atom. The third-order valence-electron chi connectivity index (χ3n) is 4.31. The third-order valence-corrected chi connectivity index (χ3v) is 4.31. The van der Waals surface area contributed by atoms with E-state index >= 15 is 0 Å². The zero-order valence-corrected chi connectivity index (χ0v) is 14.1. The molecule has 1 aromatic heterocycles. The van der Waals surface area contributed by atoms with Gasteiger partial charge in [0, 0.05) is 5.39 Å². The van der Waals surface area contributed by atoms with Crippen LogP contribution < -0.4 is 4.90 Å². The Kier molecular flexibility index (Phi) is 3.85. The van der Waals surface area contributed by atoms with Gasteiger partial charge in [0.15, 0.2) is 0 Å². The van der Waals surface area contributed by atoms with Crippen LogP contribution in [-0.2, 0) is 0 Å². The molecule has 0 aliphatic carbocycles. The number of para-hydroxylation sites is 1. The summed E-state index contributed by atoms with van der Waals surface area (Å²) in [4.78, 5) is 31.3. The average molecular weight is 339 g/mol. The number of carbonyl (C=O) groups is 2. The predicted molar refractivity (Wildman–Crippen MR) is 96.0 cm³/mol. The highest BCUT2D eigenvalue weighted by Crippen LogP contribution is 2.35. The molecule has 120 valence electrons. The first-order valence-corrected chi connectivity index (χ1v) is 7.43. The largest absolute Gasteiger partial charge is 0.268 e. The molecule has 2 heterocycles. The molecule has 2 aromatic carbocycles. The van der Waals surface area contributed by atoms with E-state index in [-0.39, 0.29) is 24.2 Å². The van der Waals surface area contributed by atoms with Crippen molar-refractivity contribution in [3.8, 4) is 0 Å². The number of fused-ring (bicyclic) bond motifs is 2. The first-order valence-electron chi connectivity index (χ1n) is 7.43.